The molecule has 0 saturated carbocycles. The SMILES string of the molecule is COc1ccc(C(=O)Nc2ccc3nc(-c4cccnc4N(C)c4ccncc4)[nH]c3c2)cc1OC. The van der Waals surface area contributed by atoms with Crippen LogP contribution in [0.3, 0.4) is 0 Å². The number of aromatic nitrogens is 4. The summed E-state index contributed by atoms with van der Waals surface area (Å²) in [6.45, 7) is 0. The van der Waals surface area contributed by atoms with Gasteiger partial charge in [-0.25, -0.2) is 9.97 Å². The number of nitrogens with one attached hydrogen (secondary N) is 2. The highest BCUT2D eigenvalue weighted by Crippen LogP contribution is 2.32. The molecule has 180 valence electrons. The second-order valence-electron chi connectivity index (χ2n) is 7.98. The molecule has 0 aliphatic carbocycles. The second kappa shape index (κ2) is 9.75. The minimum atomic E-state index is -0.261. The molecule has 0 radical (unpaired) electrons. The number of nitrogens with zero attached hydrogens (tertiary/aromatic N) is 4. The smallest absolute Gasteiger partial charge is 0.255 e. The van der Waals surface area contributed by atoms with E-state index in [0.29, 0.717) is 28.6 Å². The number of hydrogen-bond acceptors (Lipinski definition) is 7. The van der Waals surface area contributed by atoms with Crippen molar-refractivity contribution in [1.29, 1.82) is 0 Å². The molecular weight excluding hydrogens is 456 g/mol. The Morgan fingerprint density at radius 3 is 2.53 bits per heavy atom. The van der Waals surface area contributed by atoms with Crippen molar-refractivity contribution in [2.24, 2.45) is 0 Å². The first-order valence-corrected chi connectivity index (χ1v) is 11.2. The highest BCUT2D eigenvalue weighted by Gasteiger charge is 2.16. The molecule has 0 unspecified atom stereocenters. The summed E-state index contributed by atoms with van der Waals surface area (Å²) in [7, 11) is 5.04. The lowest BCUT2D eigenvalue weighted by Crippen LogP contribution is -2.12. The third kappa shape index (κ3) is 4.41. The molecule has 3 heterocycles. The van der Waals surface area contributed by atoms with Gasteiger partial charge < -0.3 is 24.7 Å². The van der Waals surface area contributed by atoms with Gasteiger partial charge in [-0.15, -0.1) is 0 Å². The molecule has 5 rings (SSSR count). The first kappa shape index (κ1) is 22.9. The Kier molecular flexibility index (Phi) is 6.19. The fourth-order valence-corrected chi connectivity index (χ4v) is 3.93. The van der Waals surface area contributed by atoms with Crippen LogP contribution >= 0.6 is 0 Å². The van der Waals surface area contributed by atoms with E-state index in [-0.39, 0.29) is 5.91 Å². The van der Waals surface area contributed by atoms with Crippen LogP contribution in [0, 0.1) is 0 Å². The van der Waals surface area contributed by atoms with E-state index in [9.17, 15) is 4.79 Å². The molecule has 0 fully saturated rings. The summed E-state index contributed by atoms with van der Waals surface area (Å²) in [5, 5.41) is 2.93. The van der Waals surface area contributed by atoms with Gasteiger partial charge in [-0.3, -0.25) is 9.78 Å². The van der Waals surface area contributed by atoms with E-state index in [2.05, 4.69) is 20.3 Å². The number of methoxy groups -OCH3 is 2. The van der Waals surface area contributed by atoms with Crippen molar-refractivity contribution in [2.75, 3.05) is 31.5 Å². The van der Waals surface area contributed by atoms with E-state index >= 15 is 0 Å². The van der Waals surface area contributed by atoms with Gasteiger partial charge >= 0.3 is 0 Å². The van der Waals surface area contributed by atoms with E-state index in [1.54, 1.807) is 43.9 Å². The molecule has 0 saturated heterocycles. The van der Waals surface area contributed by atoms with Crippen LogP contribution in [0.15, 0.2) is 79.3 Å². The van der Waals surface area contributed by atoms with E-state index in [1.807, 2.05) is 54.4 Å². The lowest BCUT2D eigenvalue weighted by Gasteiger charge is -2.20. The van der Waals surface area contributed by atoms with Crippen molar-refractivity contribution in [3.8, 4) is 22.9 Å². The first-order chi connectivity index (χ1) is 17.6. The van der Waals surface area contributed by atoms with E-state index in [4.69, 9.17) is 14.5 Å². The van der Waals surface area contributed by atoms with Crippen molar-refractivity contribution in [3.63, 3.8) is 0 Å². The number of ether oxygens (including phenoxy) is 2. The van der Waals surface area contributed by atoms with Gasteiger partial charge in [-0.1, -0.05) is 0 Å². The summed E-state index contributed by atoms with van der Waals surface area (Å²) in [4.78, 5) is 31.6. The highest BCUT2D eigenvalue weighted by molar-refractivity contribution is 6.05. The first-order valence-electron chi connectivity index (χ1n) is 11.2. The van der Waals surface area contributed by atoms with Crippen LogP contribution in [0.1, 0.15) is 10.4 Å². The van der Waals surface area contributed by atoms with Gasteiger partial charge in [0.2, 0.25) is 0 Å². The average molecular weight is 481 g/mol. The standard InChI is InChI=1S/C27H24N6O3/c1-33(19-10-13-28-14-11-19)26-20(5-4-12-29-26)25-31-21-8-7-18(16-22(21)32-25)30-27(34)17-6-9-23(35-2)24(15-17)36-3/h4-16H,1-3H3,(H,30,34)(H,31,32). The third-order valence-corrected chi connectivity index (χ3v) is 5.80. The summed E-state index contributed by atoms with van der Waals surface area (Å²) >= 11 is 0. The number of benzene rings is 2. The van der Waals surface area contributed by atoms with Crippen LogP contribution in [0.5, 0.6) is 11.5 Å². The lowest BCUT2D eigenvalue weighted by molar-refractivity contribution is 0.102. The van der Waals surface area contributed by atoms with Gasteiger partial charge in [0.1, 0.15) is 11.6 Å². The molecule has 3 aromatic heterocycles. The molecule has 1 amide bonds. The van der Waals surface area contributed by atoms with Gasteiger partial charge in [0.05, 0.1) is 30.8 Å². The number of rotatable bonds is 7. The predicted molar refractivity (Wildman–Crippen MR) is 139 cm³/mol. The average Bonchev–Trinajstić information content (AvgIpc) is 3.36. The quantitative estimate of drug-likeness (QED) is 0.336. The minimum absolute atomic E-state index is 0.261. The number of imidazole rings is 1. The van der Waals surface area contributed by atoms with Crippen molar-refractivity contribution < 1.29 is 14.3 Å². The summed E-state index contributed by atoms with van der Waals surface area (Å²) in [6.07, 6.45) is 5.24. The fourth-order valence-electron chi connectivity index (χ4n) is 3.93. The van der Waals surface area contributed by atoms with Gasteiger partial charge in [0, 0.05) is 42.6 Å². The number of carbonyl (C=O) groups is 1. The molecule has 2 aromatic carbocycles. The van der Waals surface area contributed by atoms with Crippen LogP contribution < -0.4 is 19.7 Å². The Morgan fingerprint density at radius 1 is 0.944 bits per heavy atom. The number of fused-ring (bicyclic) bond motifs is 1. The predicted octanol–water partition coefficient (Wildman–Crippen LogP) is 5.06. The number of anilines is 3. The number of hydrogen-bond donors (Lipinski definition) is 2. The molecule has 5 aromatic rings. The monoisotopic (exact) mass is 480 g/mol. The number of aromatic amines is 1. The van der Waals surface area contributed by atoms with Crippen molar-refractivity contribution in [2.45, 2.75) is 0 Å². The van der Waals surface area contributed by atoms with Crippen LogP contribution in [0.4, 0.5) is 17.2 Å². The van der Waals surface area contributed by atoms with Crippen LogP contribution in [0.2, 0.25) is 0 Å². The molecular formula is C27H24N6O3. The molecule has 36 heavy (non-hydrogen) atoms. The van der Waals surface area contributed by atoms with Crippen molar-refractivity contribution in [1.82, 2.24) is 19.9 Å². The minimum Gasteiger partial charge on any atom is -0.493 e. The van der Waals surface area contributed by atoms with Crippen molar-refractivity contribution in [3.05, 3.63) is 84.8 Å². The Morgan fingerprint density at radius 2 is 1.75 bits per heavy atom. The van der Waals surface area contributed by atoms with Gasteiger partial charge in [0.15, 0.2) is 11.5 Å². The molecule has 0 bridgehead atoms. The largest absolute Gasteiger partial charge is 0.493 e. The summed E-state index contributed by atoms with van der Waals surface area (Å²) in [5.74, 6) is 2.22. The third-order valence-electron chi connectivity index (χ3n) is 5.80. The van der Waals surface area contributed by atoms with Crippen molar-refractivity contribution >= 4 is 34.1 Å². The molecule has 0 aliphatic rings. The zero-order chi connectivity index (χ0) is 25.1. The Labute approximate surface area is 207 Å². The van der Waals surface area contributed by atoms with Crippen LogP contribution in [-0.2, 0) is 0 Å². The normalized spacial score (nSPS) is 10.8. The van der Waals surface area contributed by atoms with Gasteiger partial charge in [-0.2, -0.15) is 0 Å². The zero-order valence-electron chi connectivity index (χ0n) is 20.0. The number of amides is 1. The number of H-pyrrole nitrogens is 1. The molecule has 0 atom stereocenters. The molecule has 9 nitrogen and oxygen atoms in total. The summed E-state index contributed by atoms with van der Waals surface area (Å²) < 4.78 is 10.6. The fraction of sp³-hybridized carbons (Fsp3) is 0.111. The maximum absolute atomic E-state index is 12.8. The Bertz CT molecular complexity index is 1530. The van der Waals surface area contributed by atoms with E-state index in [1.165, 1.54) is 7.11 Å². The Balaban J connectivity index is 1.43. The topological polar surface area (TPSA) is 105 Å². The lowest BCUT2D eigenvalue weighted by atomic mass is 10.1. The van der Waals surface area contributed by atoms with Crippen LogP contribution in [0.25, 0.3) is 22.4 Å². The Hall–Kier alpha value is -4.92. The summed E-state index contributed by atoms with van der Waals surface area (Å²) in [5.41, 5.74) is 4.46. The number of carbonyl (C=O) groups excluding carboxylic acids is 1. The zero-order valence-corrected chi connectivity index (χ0v) is 20.0. The molecule has 2 N–H and O–H groups in total. The highest BCUT2D eigenvalue weighted by atomic mass is 16.5. The van der Waals surface area contributed by atoms with Gasteiger partial charge in [-0.05, 0) is 60.7 Å². The molecule has 9 heteroatoms. The maximum atomic E-state index is 12.8. The molecule has 0 aliphatic heterocycles. The van der Waals surface area contributed by atoms with E-state index in [0.717, 1.165) is 28.1 Å². The number of pyridine rings is 2. The van der Waals surface area contributed by atoms with Crippen LogP contribution in [-0.4, -0.2) is 47.1 Å². The second-order valence-corrected chi connectivity index (χ2v) is 7.98. The van der Waals surface area contributed by atoms with E-state index < -0.39 is 0 Å². The van der Waals surface area contributed by atoms with Gasteiger partial charge in [0.25, 0.3) is 5.91 Å². The summed E-state index contributed by atoms with van der Waals surface area (Å²) in [6, 6.07) is 18.3. The molecule has 0 spiro atoms. The maximum Gasteiger partial charge on any atom is 0.255 e.